The van der Waals surface area contributed by atoms with Crippen molar-refractivity contribution in [1.29, 1.82) is 0 Å². The molecule has 80 valence electrons. The molecule has 0 atom stereocenters. The summed E-state index contributed by atoms with van der Waals surface area (Å²) < 4.78 is 0. The first-order valence-corrected chi connectivity index (χ1v) is 5.36. The van der Waals surface area contributed by atoms with Crippen molar-refractivity contribution in [2.75, 3.05) is 5.73 Å². The normalized spacial score (nSPS) is 10.0. The molecule has 0 spiro atoms. The largest absolute Gasteiger partial charge is 0.398 e. The summed E-state index contributed by atoms with van der Waals surface area (Å²) in [5, 5.41) is 0. The van der Waals surface area contributed by atoms with Crippen LogP contribution >= 0.6 is 0 Å². The Balaban J connectivity index is 2.56. The first-order valence-electron chi connectivity index (χ1n) is 5.36. The van der Waals surface area contributed by atoms with Crippen LogP contribution in [0.15, 0.2) is 61.2 Å². The van der Waals surface area contributed by atoms with Gasteiger partial charge in [0.2, 0.25) is 0 Å². The van der Waals surface area contributed by atoms with Crippen molar-refractivity contribution in [2.45, 2.75) is 6.42 Å². The Morgan fingerprint density at radius 2 is 1.75 bits per heavy atom. The van der Waals surface area contributed by atoms with Crippen molar-refractivity contribution in [3.05, 3.63) is 66.7 Å². The fourth-order valence-corrected chi connectivity index (χ4v) is 1.87. The summed E-state index contributed by atoms with van der Waals surface area (Å²) in [6, 6.07) is 16.3. The standard InChI is InChI=1S/C15H15N/c1-2-7-14-13(10-6-11-15(14)16)12-8-4-3-5-9-12/h2-6,8-11H,1,7,16H2. The second-order valence-corrected chi connectivity index (χ2v) is 3.73. The number of allylic oxidation sites excluding steroid dienone is 1. The van der Waals surface area contributed by atoms with Gasteiger partial charge in [-0.1, -0.05) is 48.5 Å². The molecule has 0 aliphatic rings. The fourth-order valence-electron chi connectivity index (χ4n) is 1.87. The molecule has 0 aromatic heterocycles. The van der Waals surface area contributed by atoms with Crippen molar-refractivity contribution in [3.63, 3.8) is 0 Å². The van der Waals surface area contributed by atoms with Crippen molar-refractivity contribution in [2.24, 2.45) is 0 Å². The lowest BCUT2D eigenvalue weighted by molar-refractivity contribution is 1.28. The molecule has 0 amide bonds. The van der Waals surface area contributed by atoms with E-state index in [-0.39, 0.29) is 0 Å². The van der Waals surface area contributed by atoms with E-state index in [2.05, 4.69) is 24.8 Å². The lowest BCUT2D eigenvalue weighted by atomic mass is 9.96. The molecule has 0 bridgehead atoms. The van der Waals surface area contributed by atoms with Gasteiger partial charge in [-0.25, -0.2) is 0 Å². The second kappa shape index (κ2) is 4.67. The van der Waals surface area contributed by atoms with E-state index in [4.69, 9.17) is 5.73 Å². The van der Waals surface area contributed by atoms with Gasteiger partial charge in [-0.05, 0) is 29.2 Å². The number of hydrogen-bond acceptors (Lipinski definition) is 1. The van der Waals surface area contributed by atoms with Crippen molar-refractivity contribution in [1.82, 2.24) is 0 Å². The van der Waals surface area contributed by atoms with E-state index in [1.165, 1.54) is 11.1 Å². The van der Waals surface area contributed by atoms with E-state index in [0.717, 1.165) is 17.7 Å². The monoisotopic (exact) mass is 209 g/mol. The molecular weight excluding hydrogens is 194 g/mol. The average Bonchev–Trinajstić information content (AvgIpc) is 2.33. The van der Waals surface area contributed by atoms with Crippen LogP contribution in [0.3, 0.4) is 0 Å². The molecule has 16 heavy (non-hydrogen) atoms. The smallest absolute Gasteiger partial charge is 0.0355 e. The number of anilines is 1. The zero-order valence-corrected chi connectivity index (χ0v) is 9.19. The Morgan fingerprint density at radius 3 is 2.44 bits per heavy atom. The molecular formula is C15H15N. The molecule has 0 saturated carbocycles. The van der Waals surface area contributed by atoms with Crippen molar-refractivity contribution < 1.29 is 0 Å². The highest BCUT2D eigenvalue weighted by molar-refractivity contribution is 5.73. The van der Waals surface area contributed by atoms with Gasteiger partial charge in [0.1, 0.15) is 0 Å². The number of hydrogen-bond donors (Lipinski definition) is 1. The van der Waals surface area contributed by atoms with Gasteiger partial charge in [0, 0.05) is 5.69 Å². The highest BCUT2D eigenvalue weighted by Crippen LogP contribution is 2.28. The number of nitrogens with two attached hydrogens (primary N) is 1. The summed E-state index contributed by atoms with van der Waals surface area (Å²) in [5.74, 6) is 0. The molecule has 0 aliphatic carbocycles. The highest BCUT2D eigenvalue weighted by atomic mass is 14.6. The Bertz CT molecular complexity index is 486. The second-order valence-electron chi connectivity index (χ2n) is 3.73. The minimum atomic E-state index is 0.802. The molecule has 0 aliphatic heterocycles. The summed E-state index contributed by atoms with van der Waals surface area (Å²) in [4.78, 5) is 0. The molecule has 0 fully saturated rings. The number of rotatable bonds is 3. The first kappa shape index (κ1) is 10.5. The molecule has 0 saturated heterocycles. The molecule has 0 heterocycles. The Kier molecular flexibility index (Phi) is 3.06. The predicted molar refractivity (Wildman–Crippen MR) is 70.2 cm³/mol. The maximum atomic E-state index is 6.00. The quantitative estimate of drug-likeness (QED) is 0.606. The van der Waals surface area contributed by atoms with Gasteiger partial charge in [-0.15, -0.1) is 6.58 Å². The maximum absolute atomic E-state index is 6.00. The average molecular weight is 209 g/mol. The van der Waals surface area contributed by atoms with Crippen LogP contribution in [0.25, 0.3) is 11.1 Å². The Hall–Kier alpha value is -2.02. The summed E-state index contributed by atoms with van der Waals surface area (Å²) in [6.07, 6.45) is 2.69. The van der Waals surface area contributed by atoms with Gasteiger partial charge in [0.05, 0.1) is 0 Å². The Morgan fingerprint density at radius 1 is 1.00 bits per heavy atom. The first-order chi connectivity index (χ1) is 7.83. The zero-order valence-electron chi connectivity index (χ0n) is 9.19. The van der Waals surface area contributed by atoms with Crippen molar-refractivity contribution >= 4 is 5.69 Å². The predicted octanol–water partition coefficient (Wildman–Crippen LogP) is 3.66. The summed E-state index contributed by atoms with van der Waals surface area (Å²) in [7, 11) is 0. The number of nitrogen functional groups attached to an aromatic ring is 1. The highest BCUT2D eigenvalue weighted by Gasteiger charge is 2.05. The molecule has 0 unspecified atom stereocenters. The third-order valence-electron chi connectivity index (χ3n) is 2.65. The molecule has 0 radical (unpaired) electrons. The van der Waals surface area contributed by atoms with E-state index in [9.17, 15) is 0 Å². The maximum Gasteiger partial charge on any atom is 0.0355 e. The summed E-state index contributed by atoms with van der Waals surface area (Å²) in [6.45, 7) is 3.78. The fraction of sp³-hybridized carbons (Fsp3) is 0.0667. The van der Waals surface area contributed by atoms with Gasteiger partial charge in [0.25, 0.3) is 0 Å². The van der Waals surface area contributed by atoms with Crippen LogP contribution in [0.1, 0.15) is 5.56 Å². The zero-order chi connectivity index (χ0) is 11.4. The van der Waals surface area contributed by atoms with Gasteiger partial charge < -0.3 is 5.73 Å². The van der Waals surface area contributed by atoms with E-state index in [1.54, 1.807) is 0 Å². The minimum absolute atomic E-state index is 0.802. The van der Waals surface area contributed by atoms with Crippen LogP contribution in [-0.2, 0) is 6.42 Å². The lowest BCUT2D eigenvalue weighted by Gasteiger charge is -2.10. The van der Waals surface area contributed by atoms with E-state index < -0.39 is 0 Å². The molecule has 1 nitrogen and oxygen atoms in total. The topological polar surface area (TPSA) is 26.0 Å². The lowest BCUT2D eigenvalue weighted by Crippen LogP contribution is -1.96. The summed E-state index contributed by atoms with van der Waals surface area (Å²) in [5.41, 5.74) is 10.4. The van der Waals surface area contributed by atoms with Gasteiger partial charge in [-0.2, -0.15) is 0 Å². The third kappa shape index (κ3) is 1.98. The summed E-state index contributed by atoms with van der Waals surface area (Å²) >= 11 is 0. The van der Waals surface area contributed by atoms with Crippen LogP contribution in [0, 0.1) is 0 Å². The van der Waals surface area contributed by atoms with Crippen molar-refractivity contribution in [3.8, 4) is 11.1 Å². The molecule has 2 aromatic rings. The van der Waals surface area contributed by atoms with Gasteiger partial charge in [0.15, 0.2) is 0 Å². The third-order valence-corrected chi connectivity index (χ3v) is 2.65. The van der Waals surface area contributed by atoms with Crippen LogP contribution in [0.2, 0.25) is 0 Å². The van der Waals surface area contributed by atoms with Crippen LogP contribution in [0.4, 0.5) is 5.69 Å². The van der Waals surface area contributed by atoms with Crippen LogP contribution in [-0.4, -0.2) is 0 Å². The minimum Gasteiger partial charge on any atom is -0.398 e. The molecule has 2 rings (SSSR count). The SMILES string of the molecule is C=CCc1c(N)cccc1-c1ccccc1. The molecule has 2 aromatic carbocycles. The number of benzene rings is 2. The van der Waals surface area contributed by atoms with E-state index in [1.807, 2.05) is 36.4 Å². The Labute approximate surface area is 96.2 Å². The van der Waals surface area contributed by atoms with Crippen LogP contribution < -0.4 is 5.73 Å². The van der Waals surface area contributed by atoms with E-state index in [0.29, 0.717) is 0 Å². The van der Waals surface area contributed by atoms with Gasteiger partial charge in [-0.3, -0.25) is 0 Å². The van der Waals surface area contributed by atoms with Crippen LogP contribution in [0.5, 0.6) is 0 Å². The molecule has 2 N–H and O–H groups in total. The van der Waals surface area contributed by atoms with E-state index >= 15 is 0 Å². The molecule has 1 heteroatoms. The van der Waals surface area contributed by atoms with Gasteiger partial charge >= 0.3 is 0 Å².